The Bertz CT molecular complexity index is 1170. The second-order valence-electron chi connectivity index (χ2n) is 7.71. The SMILES string of the molecule is CNc1cccc(C(C)(F)F)c1.COc1ccc(N2N=C(C)C(C=O)C2=O)cc1C(=N)N=C(C)N. The van der Waals surface area contributed by atoms with E-state index in [0.29, 0.717) is 34.7 Å². The highest BCUT2D eigenvalue weighted by atomic mass is 19.3. The Hall–Kier alpha value is -4.15. The van der Waals surface area contributed by atoms with Crippen LogP contribution in [-0.4, -0.2) is 43.7 Å². The van der Waals surface area contributed by atoms with E-state index in [9.17, 15) is 18.4 Å². The van der Waals surface area contributed by atoms with E-state index >= 15 is 0 Å². The van der Waals surface area contributed by atoms with E-state index in [4.69, 9.17) is 15.9 Å². The van der Waals surface area contributed by atoms with Crippen molar-refractivity contribution < 1.29 is 23.1 Å². The molecule has 1 aliphatic rings. The normalized spacial score (nSPS) is 15.7. The van der Waals surface area contributed by atoms with Gasteiger partial charge in [0.15, 0.2) is 5.84 Å². The summed E-state index contributed by atoms with van der Waals surface area (Å²) >= 11 is 0. The van der Waals surface area contributed by atoms with Crippen LogP contribution in [-0.2, 0) is 15.5 Å². The van der Waals surface area contributed by atoms with E-state index in [-0.39, 0.29) is 17.2 Å². The molecule has 0 radical (unpaired) electrons. The summed E-state index contributed by atoms with van der Waals surface area (Å²) in [7, 11) is 3.17. The number of methoxy groups -OCH3 is 1. The number of aldehydes is 1. The van der Waals surface area contributed by atoms with Gasteiger partial charge in [0.05, 0.1) is 29.9 Å². The van der Waals surface area contributed by atoms with Crippen LogP contribution in [0.4, 0.5) is 20.2 Å². The van der Waals surface area contributed by atoms with E-state index in [1.54, 1.807) is 51.2 Å². The molecule has 11 heteroatoms. The molecule has 2 aromatic carbocycles. The number of nitrogens with one attached hydrogen (secondary N) is 2. The number of halogens is 2. The molecule has 1 atom stereocenters. The number of anilines is 2. The van der Waals surface area contributed by atoms with Gasteiger partial charge in [-0.3, -0.25) is 10.2 Å². The molecule has 0 saturated carbocycles. The number of benzene rings is 2. The molecule has 1 unspecified atom stereocenters. The fourth-order valence-electron chi connectivity index (χ4n) is 3.12. The summed E-state index contributed by atoms with van der Waals surface area (Å²) in [6.07, 6.45) is 0.565. The summed E-state index contributed by atoms with van der Waals surface area (Å²) < 4.78 is 30.7. The number of carbonyl (C=O) groups excluding carboxylic acids is 2. The van der Waals surface area contributed by atoms with E-state index in [1.165, 1.54) is 19.2 Å². The van der Waals surface area contributed by atoms with Crippen LogP contribution in [0.2, 0.25) is 0 Å². The quantitative estimate of drug-likeness (QED) is 0.247. The summed E-state index contributed by atoms with van der Waals surface area (Å²) in [5.41, 5.74) is 7.45. The predicted octanol–water partition coefficient (Wildman–Crippen LogP) is 3.78. The molecule has 9 nitrogen and oxygen atoms in total. The minimum absolute atomic E-state index is 0.0364. The molecule has 4 N–H and O–H groups in total. The highest BCUT2D eigenvalue weighted by Crippen LogP contribution is 2.30. The van der Waals surface area contributed by atoms with Crippen LogP contribution in [0.3, 0.4) is 0 Å². The number of rotatable bonds is 6. The summed E-state index contributed by atoms with van der Waals surface area (Å²) in [5.74, 6) is -3.50. The minimum atomic E-state index is -2.76. The average Bonchev–Trinajstić information content (AvgIpc) is 3.11. The molecule has 0 bridgehead atoms. The van der Waals surface area contributed by atoms with E-state index in [0.717, 1.165) is 11.9 Å². The lowest BCUT2D eigenvalue weighted by Gasteiger charge is -2.15. The van der Waals surface area contributed by atoms with Gasteiger partial charge in [0.1, 0.15) is 18.0 Å². The fraction of sp³-hybridized carbons (Fsp3) is 0.292. The lowest BCUT2D eigenvalue weighted by molar-refractivity contribution is -0.123. The Labute approximate surface area is 202 Å². The average molecular weight is 487 g/mol. The standard InChI is InChI=1S/C15H17N5O3.C9H11F2N/c1-8-12(7-21)15(22)20(19-8)10-4-5-13(23-3)11(6-10)14(17)18-9(2)16;1-9(10,11)7-4-3-5-8(6-7)12-2/h4-7,12H,1-3H3,(H3,16,17,18);3-6,12H,1-2H3. The van der Waals surface area contributed by atoms with Gasteiger partial charge < -0.3 is 20.6 Å². The van der Waals surface area contributed by atoms with Crippen molar-refractivity contribution in [3.8, 4) is 5.75 Å². The van der Waals surface area contributed by atoms with Crippen molar-refractivity contribution in [2.24, 2.45) is 21.7 Å². The van der Waals surface area contributed by atoms with Crippen LogP contribution in [0.25, 0.3) is 0 Å². The second-order valence-corrected chi connectivity index (χ2v) is 7.71. The molecule has 35 heavy (non-hydrogen) atoms. The number of alkyl halides is 2. The van der Waals surface area contributed by atoms with Gasteiger partial charge in [-0.2, -0.15) is 10.1 Å². The number of amides is 1. The van der Waals surface area contributed by atoms with Gasteiger partial charge in [0, 0.05) is 25.2 Å². The summed E-state index contributed by atoms with van der Waals surface area (Å²) in [6, 6.07) is 11.0. The molecular formula is C24H28F2N6O3. The molecule has 0 fully saturated rings. The Morgan fingerprint density at radius 2 is 2.00 bits per heavy atom. The fourth-order valence-corrected chi connectivity index (χ4v) is 3.12. The molecule has 1 heterocycles. The molecule has 0 aliphatic carbocycles. The molecular weight excluding hydrogens is 458 g/mol. The smallest absolute Gasteiger partial charge is 0.270 e. The number of nitrogens with zero attached hydrogens (tertiary/aromatic N) is 3. The summed E-state index contributed by atoms with van der Waals surface area (Å²) in [5, 5.41) is 16.0. The Balaban J connectivity index is 0.000000303. The topological polar surface area (TPSA) is 133 Å². The van der Waals surface area contributed by atoms with Gasteiger partial charge in [-0.05, 0) is 44.2 Å². The van der Waals surface area contributed by atoms with Crippen molar-refractivity contribution in [1.29, 1.82) is 5.41 Å². The minimum Gasteiger partial charge on any atom is -0.496 e. The van der Waals surface area contributed by atoms with Crippen molar-refractivity contribution in [1.82, 2.24) is 0 Å². The van der Waals surface area contributed by atoms with Crippen molar-refractivity contribution in [3.63, 3.8) is 0 Å². The number of carbonyl (C=O) groups is 2. The first kappa shape index (κ1) is 27.1. The Kier molecular flexibility index (Phi) is 8.76. The third-order valence-corrected chi connectivity index (χ3v) is 4.95. The summed E-state index contributed by atoms with van der Waals surface area (Å²) in [4.78, 5) is 27.1. The highest BCUT2D eigenvalue weighted by Gasteiger charge is 2.34. The lowest BCUT2D eigenvalue weighted by atomic mass is 10.1. The molecule has 2 aromatic rings. The maximum Gasteiger partial charge on any atom is 0.270 e. The van der Waals surface area contributed by atoms with Crippen LogP contribution in [0.15, 0.2) is 52.6 Å². The molecule has 186 valence electrons. The van der Waals surface area contributed by atoms with Crippen LogP contribution in [0.1, 0.15) is 31.9 Å². The Morgan fingerprint density at radius 3 is 2.51 bits per heavy atom. The molecule has 0 aromatic heterocycles. The predicted molar refractivity (Wildman–Crippen MR) is 133 cm³/mol. The number of hydrogen-bond donors (Lipinski definition) is 3. The zero-order valence-electron chi connectivity index (χ0n) is 20.1. The van der Waals surface area contributed by atoms with Crippen molar-refractivity contribution in [2.75, 3.05) is 24.5 Å². The van der Waals surface area contributed by atoms with Gasteiger partial charge in [-0.1, -0.05) is 12.1 Å². The highest BCUT2D eigenvalue weighted by molar-refractivity contribution is 6.23. The van der Waals surface area contributed by atoms with Crippen molar-refractivity contribution in [2.45, 2.75) is 26.7 Å². The third-order valence-electron chi connectivity index (χ3n) is 4.95. The van der Waals surface area contributed by atoms with Gasteiger partial charge in [0.2, 0.25) is 0 Å². The van der Waals surface area contributed by atoms with E-state index < -0.39 is 17.7 Å². The number of aliphatic imine (C=N–C) groups is 1. The molecule has 0 spiro atoms. The molecule has 3 rings (SSSR count). The van der Waals surface area contributed by atoms with E-state index in [1.807, 2.05) is 0 Å². The maximum atomic E-state index is 12.7. The van der Waals surface area contributed by atoms with Crippen LogP contribution in [0.5, 0.6) is 5.75 Å². The zero-order chi connectivity index (χ0) is 26.3. The molecule has 0 saturated heterocycles. The van der Waals surface area contributed by atoms with Crippen LogP contribution >= 0.6 is 0 Å². The van der Waals surface area contributed by atoms with Gasteiger partial charge in [-0.25, -0.2) is 13.8 Å². The van der Waals surface area contributed by atoms with E-state index in [2.05, 4.69) is 15.4 Å². The van der Waals surface area contributed by atoms with Crippen LogP contribution < -0.4 is 20.8 Å². The first-order chi connectivity index (χ1) is 16.4. The third kappa shape index (κ3) is 6.69. The number of ether oxygens (including phenoxy) is 1. The van der Waals surface area contributed by atoms with Crippen LogP contribution in [0, 0.1) is 11.3 Å². The first-order valence-corrected chi connectivity index (χ1v) is 10.5. The number of hydrazone groups is 1. The molecule has 1 amide bonds. The van der Waals surface area contributed by atoms with Gasteiger partial charge >= 0.3 is 0 Å². The van der Waals surface area contributed by atoms with Gasteiger partial charge in [-0.15, -0.1) is 0 Å². The van der Waals surface area contributed by atoms with Crippen molar-refractivity contribution >= 4 is 41.0 Å². The number of amidine groups is 2. The van der Waals surface area contributed by atoms with Crippen molar-refractivity contribution in [3.05, 3.63) is 53.6 Å². The number of nitrogens with two attached hydrogens (primary N) is 1. The Morgan fingerprint density at radius 1 is 1.31 bits per heavy atom. The number of hydrogen-bond acceptors (Lipinski definition) is 6. The second kappa shape index (κ2) is 11.3. The zero-order valence-corrected chi connectivity index (χ0v) is 20.1. The molecule has 1 aliphatic heterocycles. The monoisotopic (exact) mass is 486 g/mol. The first-order valence-electron chi connectivity index (χ1n) is 10.5. The largest absolute Gasteiger partial charge is 0.496 e. The lowest BCUT2D eigenvalue weighted by Crippen LogP contribution is -2.28. The van der Waals surface area contributed by atoms with Gasteiger partial charge in [0.25, 0.3) is 11.8 Å². The summed E-state index contributed by atoms with van der Waals surface area (Å²) in [6.45, 7) is 4.07. The maximum absolute atomic E-state index is 12.7.